The number of carbonyl (C=O) groups excluding carboxylic acids is 1. The Hall–Kier alpha value is -1.79. The van der Waals surface area contributed by atoms with E-state index in [2.05, 4.69) is 12.0 Å². The number of rotatable bonds is 6. The number of ketones is 1. The molecule has 4 aliphatic carbocycles. The van der Waals surface area contributed by atoms with Crippen molar-refractivity contribution in [2.45, 2.75) is 90.2 Å². The third-order valence-electron chi connectivity index (χ3n) is 11.7. The second kappa shape index (κ2) is 9.15. The van der Waals surface area contributed by atoms with Crippen molar-refractivity contribution in [2.75, 3.05) is 13.7 Å². The van der Waals surface area contributed by atoms with Gasteiger partial charge in [0.05, 0.1) is 17.3 Å². The molecule has 2 aromatic rings. The topological polar surface area (TPSA) is 64.3 Å². The van der Waals surface area contributed by atoms with E-state index in [0.29, 0.717) is 29.2 Å². The molecule has 0 bridgehead atoms. The van der Waals surface area contributed by atoms with E-state index in [1.54, 1.807) is 16.9 Å². The summed E-state index contributed by atoms with van der Waals surface area (Å²) in [4.78, 5) is 13.8. The quantitative estimate of drug-likeness (QED) is 0.505. The fourth-order valence-electron chi connectivity index (χ4n) is 9.98. The number of fused-ring (bicyclic) bond motifs is 6. The van der Waals surface area contributed by atoms with Gasteiger partial charge >= 0.3 is 0 Å². The van der Waals surface area contributed by atoms with Crippen molar-refractivity contribution in [3.05, 3.63) is 30.2 Å². The zero-order valence-corrected chi connectivity index (χ0v) is 22.7. The predicted molar refractivity (Wildman–Crippen MR) is 141 cm³/mol. The van der Waals surface area contributed by atoms with Crippen molar-refractivity contribution in [3.63, 3.8) is 0 Å². The summed E-state index contributed by atoms with van der Waals surface area (Å²) >= 11 is 0. The number of hydrogen-bond donors (Lipinski definition) is 1. The van der Waals surface area contributed by atoms with Crippen molar-refractivity contribution in [1.82, 2.24) is 9.78 Å². The molecule has 8 atom stereocenters. The van der Waals surface area contributed by atoms with Gasteiger partial charge in [-0.1, -0.05) is 6.92 Å². The number of halogens is 1. The molecular formula is C31H43FN2O3. The van der Waals surface area contributed by atoms with Gasteiger partial charge < -0.3 is 9.84 Å². The maximum atomic E-state index is 13.9. The van der Waals surface area contributed by atoms with Crippen LogP contribution in [0.3, 0.4) is 0 Å². The third-order valence-corrected chi connectivity index (χ3v) is 11.7. The number of ether oxygens (including phenoxy) is 1. The molecule has 0 spiro atoms. The predicted octanol–water partition coefficient (Wildman–Crippen LogP) is 6.17. The minimum atomic E-state index is -0.540. The first kappa shape index (κ1) is 25.5. The van der Waals surface area contributed by atoms with Gasteiger partial charge in [0.25, 0.3) is 0 Å². The number of hydrogen-bond acceptors (Lipinski definition) is 4. The highest BCUT2D eigenvalue weighted by Gasteiger charge is 2.62. The van der Waals surface area contributed by atoms with Gasteiger partial charge in [-0.25, -0.2) is 4.39 Å². The lowest BCUT2D eigenvalue weighted by atomic mass is 9.42. The molecule has 202 valence electrons. The van der Waals surface area contributed by atoms with E-state index in [1.165, 1.54) is 31.4 Å². The highest BCUT2D eigenvalue weighted by molar-refractivity contribution is 5.85. The van der Waals surface area contributed by atoms with Gasteiger partial charge in [-0.05, 0) is 124 Å². The number of nitrogens with zero attached hydrogens (tertiary/aromatic N) is 2. The third kappa shape index (κ3) is 4.09. The van der Waals surface area contributed by atoms with Gasteiger partial charge in [-0.3, -0.25) is 9.48 Å². The monoisotopic (exact) mass is 510 g/mol. The molecule has 1 aromatic heterocycles. The Balaban J connectivity index is 1.24. The molecule has 4 saturated carbocycles. The molecule has 0 unspecified atom stereocenters. The van der Waals surface area contributed by atoms with E-state index in [0.717, 1.165) is 56.9 Å². The summed E-state index contributed by atoms with van der Waals surface area (Å²) in [5.41, 5.74) is 0.454. The van der Waals surface area contributed by atoms with Gasteiger partial charge in [0.2, 0.25) is 0 Å². The molecular weight excluding hydrogens is 467 g/mol. The summed E-state index contributed by atoms with van der Waals surface area (Å²) in [5.74, 6) is 2.49. The minimum absolute atomic E-state index is 0.0297. The number of aromatic nitrogens is 2. The maximum Gasteiger partial charge on any atom is 0.157 e. The van der Waals surface area contributed by atoms with Crippen LogP contribution in [0.4, 0.5) is 4.39 Å². The van der Waals surface area contributed by atoms with Gasteiger partial charge in [0.1, 0.15) is 12.4 Å². The molecule has 37 heavy (non-hydrogen) atoms. The maximum absolute atomic E-state index is 13.9. The van der Waals surface area contributed by atoms with E-state index < -0.39 is 5.60 Å². The average Bonchev–Trinajstić information content (AvgIpc) is 3.42. The second-order valence-corrected chi connectivity index (χ2v) is 13.5. The Morgan fingerprint density at radius 3 is 2.78 bits per heavy atom. The zero-order chi connectivity index (χ0) is 26.0. The first-order valence-electron chi connectivity index (χ1n) is 14.5. The summed E-state index contributed by atoms with van der Waals surface area (Å²) in [5, 5.41) is 16.2. The number of methoxy groups -OCH3 is 1. The first-order chi connectivity index (χ1) is 17.7. The first-order valence-corrected chi connectivity index (χ1v) is 14.5. The average molecular weight is 511 g/mol. The molecule has 4 fully saturated rings. The van der Waals surface area contributed by atoms with Crippen LogP contribution in [0.5, 0.6) is 0 Å². The summed E-state index contributed by atoms with van der Waals surface area (Å²) in [7, 11) is 1.81. The SMILES string of the molecule is COCC[C@]12CC[C@@](C)(O)C[C@@H]1CC[C@H]1[C@@H]3CC[C@H](C(=O)Cn4ncc5ccc(F)cc54)[C@@]3(C)CC[C@@H]12. The smallest absolute Gasteiger partial charge is 0.157 e. The molecule has 6 heteroatoms. The lowest BCUT2D eigenvalue weighted by Gasteiger charge is -2.63. The van der Waals surface area contributed by atoms with E-state index >= 15 is 0 Å². The van der Waals surface area contributed by atoms with E-state index in [-0.39, 0.29) is 34.9 Å². The zero-order valence-electron chi connectivity index (χ0n) is 22.7. The van der Waals surface area contributed by atoms with E-state index in [1.807, 2.05) is 14.0 Å². The molecule has 0 amide bonds. The molecule has 1 N–H and O–H groups in total. The van der Waals surface area contributed by atoms with Crippen molar-refractivity contribution < 1.29 is 19.0 Å². The number of aliphatic hydroxyl groups is 1. The summed E-state index contributed by atoms with van der Waals surface area (Å²) in [6, 6.07) is 4.66. The standard InChI is InChI=1S/C31H43FN2O3/c1-29(36)12-13-31(14-15-37-3)21(17-29)5-7-23-24-8-9-26(30(24,2)11-10-25(23)31)28(35)19-34-27-16-22(32)6-4-20(27)18-33-34/h4,6,16,18,21,23-26,36H,5,7-15,17,19H2,1-3H3/t21-,23-,24-,25-,26+,29+,30-,31+/m0/s1. The highest BCUT2D eigenvalue weighted by atomic mass is 19.1. The van der Waals surface area contributed by atoms with Crippen molar-refractivity contribution in [3.8, 4) is 0 Å². The van der Waals surface area contributed by atoms with Gasteiger partial charge in [0.15, 0.2) is 5.78 Å². The summed E-state index contributed by atoms with van der Waals surface area (Å²) < 4.78 is 21.2. The Kier molecular flexibility index (Phi) is 6.30. The van der Waals surface area contributed by atoms with Gasteiger partial charge in [0, 0.05) is 25.0 Å². The fraction of sp³-hybridized carbons (Fsp3) is 0.742. The lowest BCUT2D eigenvalue weighted by Crippen LogP contribution is -2.57. The van der Waals surface area contributed by atoms with Gasteiger partial charge in [-0.2, -0.15) is 5.10 Å². The molecule has 0 aliphatic heterocycles. The molecule has 5 nitrogen and oxygen atoms in total. The normalized spacial score (nSPS) is 41.3. The van der Waals surface area contributed by atoms with Crippen molar-refractivity contribution >= 4 is 16.7 Å². The Bertz CT molecular complexity index is 1180. The number of Topliss-reactive ketones (excluding diaryl/α,β-unsaturated/α-hetero) is 1. The van der Waals surface area contributed by atoms with Gasteiger partial charge in [-0.15, -0.1) is 0 Å². The van der Waals surface area contributed by atoms with Crippen LogP contribution in [-0.2, 0) is 16.1 Å². The Morgan fingerprint density at radius 1 is 1.14 bits per heavy atom. The minimum Gasteiger partial charge on any atom is -0.390 e. The number of benzene rings is 1. The largest absolute Gasteiger partial charge is 0.390 e. The number of carbonyl (C=O) groups is 1. The second-order valence-electron chi connectivity index (χ2n) is 13.5. The van der Waals surface area contributed by atoms with Crippen LogP contribution in [0, 0.1) is 46.2 Å². The molecule has 6 rings (SSSR count). The molecule has 0 saturated heterocycles. The van der Waals surface area contributed by atoms with Crippen LogP contribution in [-0.4, -0.2) is 40.0 Å². The van der Waals surface area contributed by atoms with Crippen LogP contribution in [0.25, 0.3) is 10.9 Å². The summed E-state index contributed by atoms with van der Waals surface area (Å²) in [6.07, 6.45) is 12.5. The lowest BCUT2D eigenvalue weighted by molar-refractivity contribution is -0.163. The van der Waals surface area contributed by atoms with Crippen LogP contribution in [0.1, 0.15) is 78.1 Å². The summed E-state index contributed by atoms with van der Waals surface area (Å²) in [6.45, 7) is 5.44. The Morgan fingerprint density at radius 2 is 1.97 bits per heavy atom. The fourth-order valence-corrected chi connectivity index (χ4v) is 9.98. The molecule has 0 radical (unpaired) electrons. The van der Waals surface area contributed by atoms with Crippen molar-refractivity contribution in [1.29, 1.82) is 0 Å². The van der Waals surface area contributed by atoms with Crippen LogP contribution >= 0.6 is 0 Å². The van der Waals surface area contributed by atoms with E-state index in [9.17, 15) is 14.3 Å². The molecule has 4 aliphatic rings. The molecule has 1 aromatic carbocycles. The Labute approximate surface area is 220 Å². The van der Waals surface area contributed by atoms with Crippen LogP contribution < -0.4 is 0 Å². The molecule has 1 heterocycles. The van der Waals surface area contributed by atoms with E-state index in [4.69, 9.17) is 4.74 Å². The highest BCUT2D eigenvalue weighted by Crippen LogP contribution is 2.69. The van der Waals surface area contributed by atoms with Crippen LogP contribution in [0.15, 0.2) is 24.4 Å². The van der Waals surface area contributed by atoms with Crippen LogP contribution in [0.2, 0.25) is 0 Å². The van der Waals surface area contributed by atoms with Crippen molar-refractivity contribution in [2.24, 2.45) is 40.4 Å².